The molecule has 0 unspecified atom stereocenters. The van der Waals surface area contributed by atoms with Crippen LogP contribution in [-0.2, 0) is 0 Å². The Kier molecular flexibility index (Phi) is 6.82. The first-order valence-electron chi connectivity index (χ1n) is 3.67. The van der Waals surface area contributed by atoms with Gasteiger partial charge in [-0.1, -0.05) is 5.11 Å². The maximum absolute atomic E-state index is 8.05. The number of nitrogens with zero attached hydrogens (tertiary/aromatic N) is 3. The molecule has 5 nitrogen and oxygen atoms in total. The second kappa shape index (κ2) is 7.34. The maximum Gasteiger partial charge on any atom is 0.0412 e. The van der Waals surface area contributed by atoms with E-state index < -0.39 is 0 Å². The Labute approximate surface area is 66.8 Å². The third-order valence-electron chi connectivity index (χ3n) is 1.52. The van der Waals surface area contributed by atoms with Crippen LogP contribution in [0.1, 0.15) is 6.42 Å². The van der Waals surface area contributed by atoms with Crippen molar-refractivity contribution in [2.75, 3.05) is 27.2 Å². The van der Waals surface area contributed by atoms with Gasteiger partial charge in [-0.25, -0.2) is 0 Å². The van der Waals surface area contributed by atoms with Gasteiger partial charge in [-0.3, -0.25) is 0 Å². The molecule has 0 aliphatic heterocycles. The standard InChI is InChI=1S/C6H15N5/c1-8-4-3-6(9-2)5-10-11-7/h6,8-9H,3-5H2,1-2H3/t6-/m0/s1. The molecule has 0 saturated carbocycles. The molecule has 0 fully saturated rings. The van der Waals surface area contributed by atoms with Crippen molar-refractivity contribution in [3.05, 3.63) is 10.4 Å². The molecule has 1 atom stereocenters. The summed E-state index contributed by atoms with van der Waals surface area (Å²) in [6.45, 7) is 1.46. The lowest BCUT2D eigenvalue weighted by atomic mass is 10.2. The Morgan fingerprint density at radius 3 is 2.73 bits per heavy atom. The number of rotatable bonds is 6. The van der Waals surface area contributed by atoms with Gasteiger partial charge in [0.1, 0.15) is 0 Å². The van der Waals surface area contributed by atoms with E-state index >= 15 is 0 Å². The summed E-state index contributed by atoms with van der Waals surface area (Å²) in [5.74, 6) is 0. The SMILES string of the molecule is CNCC[C@@H](CN=[N+]=[N-])NC. The first-order chi connectivity index (χ1) is 5.35. The summed E-state index contributed by atoms with van der Waals surface area (Å²) in [5, 5.41) is 9.59. The Morgan fingerprint density at radius 1 is 1.55 bits per heavy atom. The molecule has 0 saturated heterocycles. The summed E-state index contributed by atoms with van der Waals surface area (Å²) >= 11 is 0. The highest BCUT2D eigenvalue weighted by atomic mass is 15.1. The molecule has 0 amide bonds. The van der Waals surface area contributed by atoms with Crippen LogP contribution in [0, 0.1) is 0 Å². The molecule has 0 bridgehead atoms. The molecular weight excluding hydrogens is 142 g/mol. The molecule has 0 spiro atoms. The zero-order valence-corrected chi connectivity index (χ0v) is 7.04. The van der Waals surface area contributed by atoms with Crippen molar-refractivity contribution in [3.8, 4) is 0 Å². The fraction of sp³-hybridized carbons (Fsp3) is 1.00. The minimum Gasteiger partial charge on any atom is -0.320 e. The molecule has 0 rings (SSSR count). The molecule has 0 aromatic carbocycles. The van der Waals surface area contributed by atoms with Crippen molar-refractivity contribution in [3.63, 3.8) is 0 Å². The maximum atomic E-state index is 8.05. The minimum atomic E-state index is 0.290. The van der Waals surface area contributed by atoms with E-state index in [1.165, 1.54) is 0 Å². The molecule has 11 heavy (non-hydrogen) atoms. The largest absolute Gasteiger partial charge is 0.320 e. The quantitative estimate of drug-likeness (QED) is 0.334. The molecule has 0 heterocycles. The van der Waals surface area contributed by atoms with Gasteiger partial charge in [0.25, 0.3) is 0 Å². The van der Waals surface area contributed by atoms with Gasteiger partial charge in [0.15, 0.2) is 0 Å². The predicted octanol–water partition coefficient (Wildman–Crippen LogP) is 0.494. The van der Waals surface area contributed by atoms with Gasteiger partial charge in [-0.2, -0.15) is 0 Å². The second-order valence-electron chi connectivity index (χ2n) is 2.29. The summed E-state index contributed by atoms with van der Waals surface area (Å²) in [6, 6.07) is 0.290. The van der Waals surface area contributed by atoms with Gasteiger partial charge in [0, 0.05) is 17.5 Å². The normalized spacial score (nSPS) is 12.2. The first kappa shape index (κ1) is 10.2. The minimum absolute atomic E-state index is 0.290. The number of nitrogens with one attached hydrogen (secondary N) is 2. The number of hydrogen-bond donors (Lipinski definition) is 2. The van der Waals surface area contributed by atoms with Crippen molar-refractivity contribution < 1.29 is 0 Å². The van der Waals surface area contributed by atoms with Gasteiger partial charge in [-0.15, -0.1) is 0 Å². The topological polar surface area (TPSA) is 72.8 Å². The smallest absolute Gasteiger partial charge is 0.0412 e. The first-order valence-corrected chi connectivity index (χ1v) is 3.67. The van der Waals surface area contributed by atoms with Crippen molar-refractivity contribution in [2.45, 2.75) is 12.5 Å². The third-order valence-corrected chi connectivity index (χ3v) is 1.52. The highest BCUT2D eigenvalue weighted by Gasteiger charge is 2.01. The van der Waals surface area contributed by atoms with E-state index in [0.29, 0.717) is 12.6 Å². The van der Waals surface area contributed by atoms with E-state index in [1.807, 2.05) is 14.1 Å². The lowest BCUT2D eigenvalue weighted by Crippen LogP contribution is -2.31. The Balaban J connectivity index is 3.48. The van der Waals surface area contributed by atoms with Crippen LogP contribution in [0.15, 0.2) is 5.11 Å². The van der Waals surface area contributed by atoms with E-state index in [9.17, 15) is 0 Å². The van der Waals surface area contributed by atoms with Crippen LogP contribution in [-0.4, -0.2) is 33.2 Å². The predicted molar refractivity (Wildman–Crippen MR) is 45.4 cm³/mol. The van der Waals surface area contributed by atoms with Crippen LogP contribution < -0.4 is 10.6 Å². The van der Waals surface area contributed by atoms with Crippen LogP contribution in [0.25, 0.3) is 10.4 Å². The number of azide groups is 1. The Bertz CT molecular complexity index is 129. The fourth-order valence-electron chi connectivity index (χ4n) is 0.781. The summed E-state index contributed by atoms with van der Waals surface area (Å²) < 4.78 is 0. The molecule has 0 aromatic rings. The highest BCUT2D eigenvalue weighted by molar-refractivity contribution is 4.68. The lowest BCUT2D eigenvalue weighted by Gasteiger charge is -2.11. The average molecular weight is 157 g/mol. The third kappa shape index (κ3) is 5.66. The monoisotopic (exact) mass is 157 g/mol. The fourth-order valence-corrected chi connectivity index (χ4v) is 0.781. The Hall–Kier alpha value is -0.770. The van der Waals surface area contributed by atoms with E-state index in [-0.39, 0.29) is 0 Å². The van der Waals surface area contributed by atoms with Crippen LogP contribution in [0.4, 0.5) is 0 Å². The van der Waals surface area contributed by atoms with Crippen molar-refractivity contribution in [1.29, 1.82) is 0 Å². The summed E-state index contributed by atoms with van der Waals surface area (Å²) in [4.78, 5) is 2.70. The van der Waals surface area contributed by atoms with Gasteiger partial charge in [-0.05, 0) is 32.6 Å². The van der Waals surface area contributed by atoms with Crippen molar-refractivity contribution in [1.82, 2.24) is 10.6 Å². The molecule has 0 aliphatic rings. The molecule has 0 aliphatic carbocycles. The number of likely N-dealkylation sites (N-methyl/N-ethyl adjacent to an activating group) is 1. The molecular formula is C6H15N5. The van der Waals surface area contributed by atoms with E-state index in [1.54, 1.807) is 0 Å². The van der Waals surface area contributed by atoms with Crippen LogP contribution in [0.3, 0.4) is 0 Å². The van der Waals surface area contributed by atoms with Gasteiger partial charge >= 0.3 is 0 Å². The Morgan fingerprint density at radius 2 is 2.27 bits per heavy atom. The van der Waals surface area contributed by atoms with Crippen molar-refractivity contribution in [2.24, 2.45) is 5.11 Å². The highest BCUT2D eigenvalue weighted by Crippen LogP contribution is 1.90. The van der Waals surface area contributed by atoms with Crippen molar-refractivity contribution >= 4 is 0 Å². The average Bonchev–Trinajstić information content (AvgIpc) is 2.05. The van der Waals surface area contributed by atoms with Crippen LogP contribution >= 0.6 is 0 Å². The van der Waals surface area contributed by atoms with E-state index in [2.05, 4.69) is 20.7 Å². The molecule has 0 radical (unpaired) electrons. The van der Waals surface area contributed by atoms with Crippen LogP contribution in [0.5, 0.6) is 0 Å². The number of hydrogen-bond acceptors (Lipinski definition) is 3. The van der Waals surface area contributed by atoms with Crippen LogP contribution in [0.2, 0.25) is 0 Å². The summed E-state index contributed by atoms with van der Waals surface area (Å²) in [5.41, 5.74) is 8.05. The molecule has 2 N–H and O–H groups in total. The summed E-state index contributed by atoms with van der Waals surface area (Å²) in [6.07, 6.45) is 0.978. The van der Waals surface area contributed by atoms with E-state index in [0.717, 1.165) is 13.0 Å². The summed E-state index contributed by atoms with van der Waals surface area (Å²) in [7, 11) is 3.77. The van der Waals surface area contributed by atoms with Gasteiger partial charge in [0.2, 0.25) is 0 Å². The molecule has 5 heteroatoms. The zero-order valence-electron chi connectivity index (χ0n) is 7.04. The second-order valence-corrected chi connectivity index (χ2v) is 2.29. The molecule has 64 valence electrons. The van der Waals surface area contributed by atoms with Gasteiger partial charge < -0.3 is 10.6 Å². The van der Waals surface area contributed by atoms with Gasteiger partial charge in [0.05, 0.1) is 0 Å². The zero-order chi connectivity index (χ0) is 8.53. The van der Waals surface area contributed by atoms with E-state index in [4.69, 9.17) is 5.53 Å². The molecule has 0 aromatic heterocycles. The lowest BCUT2D eigenvalue weighted by molar-refractivity contribution is 0.518.